The average Bonchev–Trinajstić information content (AvgIpc) is 2.96. The number of pyridine rings is 1. The van der Waals surface area contributed by atoms with E-state index in [0.717, 1.165) is 16.7 Å². The second kappa shape index (κ2) is 4.30. The largest absolute Gasteiger partial charge is 0.457 e. The molecule has 0 atom stereocenters. The van der Waals surface area contributed by atoms with Crippen LogP contribution in [0.4, 0.5) is 5.88 Å². The molecule has 0 spiro atoms. The number of rotatable bonds is 2. The molecular formula is C12H8BrN3O2. The summed E-state index contributed by atoms with van der Waals surface area (Å²) in [5, 5.41) is 3.99. The number of nitrogens with two attached hydrogens (primary N) is 1. The molecule has 3 rings (SSSR count). The van der Waals surface area contributed by atoms with E-state index in [1.165, 1.54) is 0 Å². The number of hydrogen-bond acceptors (Lipinski definition) is 5. The summed E-state index contributed by atoms with van der Waals surface area (Å²) in [6.45, 7) is 0. The minimum Gasteiger partial charge on any atom is -0.457 e. The van der Waals surface area contributed by atoms with Crippen molar-refractivity contribution in [3.63, 3.8) is 0 Å². The van der Waals surface area contributed by atoms with E-state index in [1.807, 2.05) is 12.1 Å². The van der Waals surface area contributed by atoms with E-state index in [-0.39, 0.29) is 5.88 Å². The van der Waals surface area contributed by atoms with Crippen LogP contribution in [0.15, 0.2) is 50.5 Å². The molecule has 0 saturated carbocycles. The van der Waals surface area contributed by atoms with Gasteiger partial charge in [-0.15, -0.1) is 0 Å². The highest BCUT2D eigenvalue weighted by molar-refractivity contribution is 9.10. The van der Waals surface area contributed by atoms with Crippen molar-refractivity contribution in [2.45, 2.75) is 0 Å². The summed E-state index contributed by atoms with van der Waals surface area (Å²) in [7, 11) is 0. The molecule has 3 aromatic rings. The summed E-state index contributed by atoms with van der Waals surface area (Å²) in [5.74, 6) is 0.268. The Morgan fingerprint density at radius 3 is 2.61 bits per heavy atom. The molecule has 90 valence electrons. The predicted octanol–water partition coefficient (Wildman–Crippen LogP) is 3.34. The third-order valence-corrected chi connectivity index (χ3v) is 3.17. The SMILES string of the molecule is Nc1onc(-c2ccoc2Br)c1-c1ccncc1. The molecule has 0 aromatic carbocycles. The summed E-state index contributed by atoms with van der Waals surface area (Å²) in [6, 6.07) is 5.49. The fourth-order valence-corrected chi connectivity index (χ4v) is 2.17. The first kappa shape index (κ1) is 11.0. The lowest BCUT2D eigenvalue weighted by Gasteiger charge is -2.00. The van der Waals surface area contributed by atoms with Gasteiger partial charge in [-0.3, -0.25) is 4.98 Å². The van der Waals surface area contributed by atoms with Crippen LogP contribution in [0, 0.1) is 0 Å². The second-order valence-electron chi connectivity index (χ2n) is 3.61. The summed E-state index contributed by atoms with van der Waals surface area (Å²) in [6.07, 6.45) is 4.95. The fourth-order valence-electron chi connectivity index (χ4n) is 1.75. The van der Waals surface area contributed by atoms with E-state index >= 15 is 0 Å². The van der Waals surface area contributed by atoms with Crippen LogP contribution in [0.1, 0.15) is 0 Å². The molecule has 5 nitrogen and oxygen atoms in total. The van der Waals surface area contributed by atoms with Gasteiger partial charge in [-0.05, 0) is 39.7 Å². The summed E-state index contributed by atoms with van der Waals surface area (Å²) in [4.78, 5) is 3.98. The van der Waals surface area contributed by atoms with Gasteiger partial charge in [-0.25, -0.2) is 0 Å². The molecule has 18 heavy (non-hydrogen) atoms. The molecule has 0 radical (unpaired) electrons. The Labute approximate surface area is 111 Å². The topological polar surface area (TPSA) is 78.1 Å². The van der Waals surface area contributed by atoms with E-state index in [0.29, 0.717) is 10.4 Å². The van der Waals surface area contributed by atoms with Gasteiger partial charge in [0.2, 0.25) is 5.88 Å². The molecule has 6 heteroatoms. The van der Waals surface area contributed by atoms with Crippen molar-refractivity contribution in [1.29, 1.82) is 0 Å². The molecule has 3 heterocycles. The Hall–Kier alpha value is -2.08. The third-order valence-electron chi connectivity index (χ3n) is 2.56. The number of anilines is 1. The van der Waals surface area contributed by atoms with Crippen LogP contribution < -0.4 is 5.73 Å². The maximum Gasteiger partial charge on any atom is 0.230 e. The number of nitrogen functional groups attached to an aromatic ring is 1. The molecule has 0 aliphatic carbocycles. The first-order valence-corrected chi connectivity index (χ1v) is 5.95. The van der Waals surface area contributed by atoms with Gasteiger partial charge in [0.25, 0.3) is 0 Å². The van der Waals surface area contributed by atoms with Crippen LogP contribution in [-0.4, -0.2) is 10.1 Å². The molecule has 0 amide bonds. The standard InChI is InChI=1S/C12H8BrN3O2/c13-11-8(3-6-17-11)10-9(12(14)18-16-10)7-1-4-15-5-2-7/h1-6H,14H2. The van der Waals surface area contributed by atoms with Crippen molar-refractivity contribution in [3.05, 3.63) is 41.5 Å². The Bertz CT molecular complexity index is 676. The molecule has 0 saturated heterocycles. The van der Waals surface area contributed by atoms with Gasteiger partial charge in [-0.2, -0.15) is 0 Å². The predicted molar refractivity (Wildman–Crippen MR) is 69.5 cm³/mol. The quantitative estimate of drug-likeness (QED) is 0.785. The minimum atomic E-state index is 0.268. The number of nitrogens with zero attached hydrogens (tertiary/aromatic N) is 2. The Morgan fingerprint density at radius 2 is 1.94 bits per heavy atom. The third kappa shape index (κ3) is 1.70. The summed E-state index contributed by atoms with van der Waals surface area (Å²) in [5.41, 5.74) is 8.90. The first-order valence-electron chi connectivity index (χ1n) is 5.16. The number of halogens is 1. The molecule has 3 aromatic heterocycles. The highest BCUT2D eigenvalue weighted by atomic mass is 79.9. The van der Waals surface area contributed by atoms with Crippen LogP contribution in [0.25, 0.3) is 22.4 Å². The van der Waals surface area contributed by atoms with Crippen LogP contribution in [0.2, 0.25) is 0 Å². The van der Waals surface area contributed by atoms with Crippen molar-refractivity contribution in [3.8, 4) is 22.4 Å². The van der Waals surface area contributed by atoms with Gasteiger partial charge in [-0.1, -0.05) is 5.16 Å². The maximum atomic E-state index is 5.83. The maximum absolute atomic E-state index is 5.83. The van der Waals surface area contributed by atoms with Gasteiger partial charge in [0.05, 0.1) is 17.4 Å². The zero-order chi connectivity index (χ0) is 12.5. The average molecular weight is 306 g/mol. The molecule has 0 fully saturated rings. The smallest absolute Gasteiger partial charge is 0.230 e. The fraction of sp³-hybridized carbons (Fsp3) is 0. The monoisotopic (exact) mass is 305 g/mol. The molecule has 0 unspecified atom stereocenters. The van der Waals surface area contributed by atoms with Crippen molar-refractivity contribution in [2.24, 2.45) is 0 Å². The van der Waals surface area contributed by atoms with Crippen LogP contribution >= 0.6 is 15.9 Å². The van der Waals surface area contributed by atoms with Crippen molar-refractivity contribution < 1.29 is 8.94 Å². The van der Waals surface area contributed by atoms with Gasteiger partial charge in [0.15, 0.2) is 4.67 Å². The lowest BCUT2D eigenvalue weighted by atomic mass is 10.0. The zero-order valence-corrected chi connectivity index (χ0v) is 10.7. The van der Waals surface area contributed by atoms with Gasteiger partial charge >= 0.3 is 0 Å². The highest BCUT2D eigenvalue weighted by Gasteiger charge is 2.20. The van der Waals surface area contributed by atoms with E-state index in [9.17, 15) is 0 Å². The van der Waals surface area contributed by atoms with Crippen molar-refractivity contribution in [1.82, 2.24) is 10.1 Å². The van der Waals surface area contributed by atoms with Gasteiger partial charge < -0.3 is 14.7 Å². The number of furan rings is 1. The van der Waals surface area contributed by atoms with E-state index in [1.54, 1.807) is 24.7 Å². The van der Waals surface area contributed by atoms with Gasteiger partial charge in [0, 0.05) is 12.4 Å². The molecular weight excluding hydrogens is 298 g/mol. The van der Waals surface area contributed by atoms with Crippen molar-refractivity contribution in [2.75, 3.05) is 5.73 Å². The van der Waals surface area contributed by atoms with E-state index in [2.05, 4.69) is 26.1 Å². The molecule has 0 aliphatic rings. The minimum absolute atomic E-state index is 0.268. The van der Waals surface area contributed by atoms with Crippen LogP contribution in [-0.2, 0) is 0 Å². The molecule has 0 bridgehead atoms. The lowest BCUT2D eigenvalue weighted by molar-refractivity contribution is 0.439. The first-order chi connectivity index (χ1) is 8.77. The summed E-state index contributed by atoms with van der Waals surface area (Å²) < 4.78 is 10.9. The molecule has 2 N–H and O–H groups in total. The lowest BCUT2D eigenvalue weighted by Crippen LogP contribution is -1.87. The van der Waals surface area contributed by atoms with Crippen molar-refractivity contribution >= 4 is 21.8 Å². The highest BCUT2D eigenvalue weighted by Crippen LogP contribution is 2.39. The Balaban J connectivity index is 2.22. The van der Waals surface area contributed by atoms with Gasteiger partial charge in [0.1, 0.15) is 5.69 Å². The van der Waals surface area contributed by atoms with Crippen LogP contribution in [0.5, 0.6) is 0 Å². The normalized spacial score (nSPS) is 10.7. The second-order valence-corrected chi connectivity index (χ2v) is 4.33. The summed E-state index contributed by atoms with van der Waals surface area (Å²) >= 11 is 3.32. The Morgan fingerprint density at radius 1 is 1.17 bits per heavy atom. The zero-order valence-electron chi connectivity index (χ0n) is 9.13. The molecule has 0 aliphatic heterocycles. The van der Waals surface area contributed by atoms with Crippen LogP contribution in [0.3, 0.4) is 0 Å². The van der Waals surface area contributed by atoms with E-state index < -0.39 is 0 Å². The Kier molecular flexibility index (Phi) is 2.64. The number of hydrogen-bond donors (Lipinski definition) is 1. The van der Waals surface area contributed by atoms with E-state index in [4.69, 9.17) is 14.7 Å². The number of aromatic nitrogens is 2.